The quantitative estimate of drug-likeness (QED) is 0.478. The second-order valence-corrected chi connectivity index (χ2v) is 8.12. The maximum absolute atomic E-state index is 13.4. The molecule has 0 aromatic heterocycles. The Morgan fingerprint density at radius 3 is 2.24 bits per heavy atom. The van der Waals surface area contributed by atoms with Crippen molar-refractivity contribution >= 4 is 29.3 Å². The van der Waals surface area contributed by atoms with Crippen molar-refractivity contribution in [1.29, 1.82) is 0 Å². The Kier molecular flexibility index (Phi) is 6.23. The summed E-state index contributed by atoms with van der Waals surface area (Å²) in [5.41, 5.74) is 5.03. The van der Waals surface area contributed by atoms with Crippen LogP contribution in [0.3, 0.4) is 0 Å². The second-order valence-electron chi connectivity index (χ2n) is 8.12. The van der Waals surface area contributed by atoms with Gasteiger partial charge in [-0.3, -0.25) is 24.6 Å². The van der Waals surface area contributed by atoms with Crippen LogP contribution in [0.25, 0.3) is 0 Å². The molecule has 1 saturated heterocycles. The lowest BCUT2D eigenvalue weighted by molar-refractivity contribution is -0.122. The third kappa shape index (κ3) is 4.56. The number of aryl methyl sites for hydroxylation is 2. The number of hydrogen-bond donors (Lipinski definition) is 1. The maximum Gasteiger partial charge on any atom is 0.273 e. The van der Waals surface area contributed by atoms with Gasteiger partial charge in [0.15, 0.2) is 0 Å². The van der Waals surface area contributed by atoms with Gasteiger partial charge in [0.1, 0.15) is 11.9 Å². The Morgan fingerprint density at radius 1 is 0.912 bits per heavy atom. The third-order valence-corrected chi connectivity index (χ3v) is 5.54. The molecule has 4 rings (SSSR count). The number of nitrogens with one attached hydrogen (secondary N) is 1. The van der Waals surface area contributed by atoms with Gasteiger partial charge in [-0.25, -0.2) is 14.3 Å². The fraction of sp³-hybridized carbons (Fsp3) is 0.154. The summed E-state index contributed by atoms with van der Waals surface area (Å²) in [4.78, 5) is 53.3. The standard InChI is InChI=1S/C26H22FN3O4/c1-16-6-8-18(9-7-16)24(32)28-30(25(33)19-5-3-4-17(2)14-19)22-15-23(31)29(26(22)34)21-12-10-20(27)11-13-21/h3-14,22H,15H2,1-2H3,(H,28,32). The summed E-state index contributed by atoms with van der Waals surface area (Å²) in [5, 5.41) is 0.917. The molecular weight excluding hydrogens is 437 g/mol. The van der Waals surface area contributed by atoms with Crippen LogP contribution in [0.4, 0.5) is 10.1 Å². The zero-order valence-corrected chi connectivity index (χ0v) is 18.6. The smallest absolute Gasteiger partial charge is 0.273 e. The van der Waals surface area contributed by atoms with Crippen molar-refractivity contribution in [2.45, 2.75) is 26.3 Å². The minimum Gasteiger partial charge on any atom is -0.274 e. The number of benzene rings is 3. The van der Waals surface area contributed by atoms with E-state index < -0.39 is 35.5 Å². The highest BCUT2D eigenvalue weighted by molar-refractivity contribution is 6.23. The van der Waals surface area contributed by atoms with Gasteiger partial charge in [-0.1, -0.05) is 35.4 Å². The Bertz CT molecular complexity index is 1270. The summed E-state index contributed by atoms with van der Waals surface area (Å²) in [6.45, 7) is 3.69. The van der Waals surface area contributed by atoms with Gasteiger partial charge in [0.05, 0.1) is 12.1 Å². The van der Waals surface area contributed by atoms with E-state index in [0.717, 1.165) is 33.2 Å². The molecule has 172 valence electrons. The number of nitrogens with zero attached hydrogens (tertiary/aromatic N) is 2. The number of rotatable bonds is 4. The highest BCUT2D eigenvalue weighted by atomic mass is 19.1. The molecule has 3 aromatic carbocycles. The van der Waals surface area contributed by atoms with Crippen molar-refractivity contribution in [3.63, 3.8) is 0 Å². The monoisotopic (exact) mass is 459 g/mol. The predicted octanol–water partition coefficient (Wildman–Crippen LogP) is 3.56. The molecule has 1 atom stereocenters. The van der Waals surface area contributed by atoms with Crippen LogP contribution in [0.1, 0.15) is 38.3 Å². The second kappa shape index (κ2) is 9.27. The van der Waals surface area contributed by atoms with E-state index in [1.807, 2.05) is 19.9 Å². The first-order chi connectivity index (χ1) is 16.2. The van der Waals surface area contributed by atoms with Crippen LogP contribution in [-0.4, -0.2) is 34.7 Å². The highest BCUT2D eigenvalue weighted by Crippen LogP contribution is 2.26. The zero-order valence-electron chi connectivity index (χ0n) is 18.6. The summed E-state index contributed by atoms with van der Waals surface area (Å²) in [6.07, 6.45) is -0.331. The Balaban J connectivity index is 1.68. The maximum atomic E-state index is 13.4. The minimum atomic E-state index is -1.26. The predicted molar refractivity (Wildman–Crippen MR) is 123 cm³/mol. The average Bonchev–Trinajstić information content (AvgIpc) is 3.11. The van der Waals surface area contributed by atoms with Gasteiger partial charge in [-0.15, -0.1) is 0 Å². The third-order valence-electron chi connectivity index (χ3n) is 5.54. The molecular formula is C26H22FN3O4. The van der Waals surface area contributed by atoms with Gasteiger partial charge < -0.3 is 0 Å². The van der Waals surface area contributed by atoms with Gasteiger partial charge in [-0.2, -0.15) is 0 Å². The number of hydrazine groups is 1. The van der Waals surface area contributed by atoms with E-state index >= 15 is 0 Å². The van der Waals surface area contributed by atoms with Crippen molar-refractivity contribution in [2.24, 2.45) is 0 Å². The van der Waals surface area contributed by atoms with Gasteiger partial charge in [-0.05, 0) is 62.4 Å². The molecule has 0 bridgehead atoms. The molecule has 0 saturated carbocycles. The molecule has 1 N–H and O–H groups in total. The van der Waals surface area contributed by atoms with E-state index in [2.05, 4.69) is 5.43 Å². The first-order valence-electron chi connectivity index (χ1n) is 10.6. The number of imide groups is 1. The van der Waals surface area contributed by atoms with E-state index in [9.17, 15) is 23.6 Å². The summed E-state index contributed by atoms with van der Waals surface area (Å²) in [7, 11) is 0. The SMILES string of the molecule is Cc1ccc(C(=O)NN(C(=O)c2cccc(C)c2)C2CC(=O)N(c3ccc(F)cc3)C2=O)cc1. The number of amides is 4. The van der Waals surface area contributed by atoms with E-state index in [-0.39, 0.29) is 17.7 Å². The van der Waals surface area contributed by atoms with Crippen LogP contribution >= 0.6 is 0 Å². The van der Waals surface area contributed by atoms with Crippen molar-refractivity contribution < 1.29 is 23.6 Å². The number of anilines is 1. The number of carbonyl (C=O) groups excluding carboxylic acids is 4. The lowest BCUT2D eigenvalue weighted by Gasteiger charge is -2.28. The van der Waals surface area contributed by atoms with Crippen molar-refractivity contribution in [1.82, 2.24) is 10.4 Å². The van der Waals surface area contributed by atoms with Crippen LogP contribution in [0.2, 0.25) is 0 Å². The van der Waals surface area contributed by atoms with Crippen LogP contribution in [0, 0.1) is 19.7 Å². The van der Waals surface area contributed by atoms with Crippen molar-refractivity contribution in [3.05, 3.63) is 101 Å². The fourth-order valence-corrected chi connectivity index (χ4v) is 3.75. The molecule has 1 heterocycles. The first kappa shape index (κ1) is 22.8. The molecule has 1 fully saturated rings. The molecule has 7 nitrogen and oxygen atoms in total. The topological polar surface area (TPSA) is 86.8 Å². The molecule has 8 heteroatoms. The Hall–Kier alpha value is -4.33. The van der Waals surface area contributed by atoms with Crippen LogP contribution < -0.4 is 10.3 Å². The van der Waals surface area contributed by atoms with Crippen LogP contribution in [0.15, 0.2) is 72.8 Å². The van der Waals surface area contributed by atoms with Gasteiger partial charge in [0, 0.05) is 11.1 Å². The molecule has 4 amide bonds. The van der Waals surface area contributed by atoms with Gasteiger partial charge in [0.2, 0.25) is 5.91 Å². The molecule has 0 spiro atoms. The number of halogens is 1. The molecule has 3 aromatic rings. The summed E-state index contributed by atoms with van der Waals surface area (Å²) in [6, 6.07) is 17.0. The minimum absolute atomic E-state index is 0.187. The Labute approximate surface area is 195 Å². The normalized spacial score (nSPS) is 15.4. The fourth-order valence-electron chi connectivity index (χ4n) is 3.75. The molecule has 34 heavy (non-hydrogen) atoms. The summed E-state index contributed by atoms with van der Waals surface area (Å²) >= 11 is 0. The molecule has 1 unspecified atom stereocenters. The number of carbonyl (C=O) groups is 4. The first-order valence-corrected chi connectivity index (χ1v) is 10.6. The lowest BCUT2D eigenvalue weighted by atomic mass is 10.1. The van der Waals surface area contributed by atoms with E-state index in [1.54, 1.807) is 42.5 Å². The highest BCUT2D eigenvalue weighted by Gasteiger charge is 2.45. The number of hydrogen-bond acceptors (Lipinski definition) is 4. The molecule has 0 radical (unpaired) electrons. The van der Waals surface area contributed by atoms with Crippen LogP contribution in [0.5, 0.6) is 0 Å². The summed E-state index contributed by atoms with van der Waals surface area (Å²) in [5.74, 6) is -2.99. The van der Waals surface area contributed by atoms with Crippen molar-refractivity contribution in [2.75, 3.05) is 4.90 Å². The van der Waals surface area contributed by atoms with Gasteiger partial charge in [0.25, 0.3) is 17.7 Å². The zero-order chi connectivity index (χ0) is 24.4. The lowest BCUT2D eigenvalue weighted by Crippen LogP contribution is -2.54. The van der Waals surface area contributed by atoms with Gasteiger partial charge >= 0.3 is 0 Å². The van der Waals surface area contributed by atoms with Crippen LogP contribution in [-0.2, 0) is 9.59 Å². The van der Waals surface area contributed by atoms with E-state index in [4.69, 9.17) is 0 Å². The molecule has 0 aliphatic carbocycles. The largest absolute Gasteiger partial charge is 0.274 e. The average molecular weight is 459 g/mol. The Morgan fingerprint density at radius 2 is 1.59 bits per heavy atom. The molecule has 1 aliphatic rings. The molecule has 1 aliphatic heterocycles. The van der Waals surface area contributed by atoms with E-state index in [0.29, 0.717) is 5.56 Å². The summed E-state index contributed by atoms with van der Waals surface area (Å²) < 4.78 is 13.3. The van der Waals surface area contributed by atoms with E-state index in [1.165, 1.54) is 12.1 Å². The van der Waals surface area contributed by atoms with Crippen molar-refractivity contribution in [3.8, 4) is 0 Å².